The van der Waals surface area contributed by atoms with Crippen molar-refractivity contribution in [2.24, 2.45) is 0 Å². The van der Waals surface area contributed by atoms with Gasteiger partial charge >= 0.3 is 0 Å². The Morgan fingerprint density at radius 3 is 2.75 bits per heavy atom. The highest BCUT2D eigenvalue weighted by Crippen LogP contribution is 2.13. The Morgan fingerprint density at radius 1 is 1.11 bits per heavy atom. The lowest BCUT2D eigenvalue weighted by atomic mass is 10.1. The maximum atomic E-state index is 12.1. The van der Waals surface area contributed by atoms with Crippen molar-refractivity contribution in [3.8, 4) is 5.75 Å². The molecule has 6 nitrogen and oxygen atoms in total. The van der Waals surface area contributed by atoms with Crippen LogP contribution in [0.5, 0.6) is 5.75 Å². The molecule has 0 aliphatic rings. The minimum absolute atomic E-state index is 0.0612. The van der Waals surface area contributed by atoms with Crippen molar-refractivity contribution in [1.29, 1.82) is 0 Å². The Hall–Kier alpha value is -3.15. The molecule has 1 amide bonds. The van der Waals surface area contributed by atoms with Gasteiger partial charge in [0.2, 0.25) is 5.91 Å². The number of ether oxygens (including phenoxy) is 1. The summed E-state index contributed by atoms with van der Waals surface area (Å²) in [6.45, 7) is 3.82. The van der Waals surface area contributed by atoms with E-state index < -0.39 is 0 Å². The highest BCUT2D eigenvalue weighted by Gasteiger charge is 2.06. The van der Waals surface area contributed by atoms with Gasteiger partial charge in [-0.15, -0.1) is 0 Å². The van der Waals surface area contributed by atoms with Crippen LogP contribution in [0.3, 0.4) is 0 Å². The maximum absolute atomic E-state index is 12.1. The molecule has 28 heavy (non-hydrogen) atoms. The molecule has 0 radical (unpaired) electrons. The molecule has 0 aliphatic carbocycles. The van der Waals surface area contributed by atoms with Crippen LogP contribution in [0.1, 0.15) is 36.0 Å². The second-order valence-electron chi connectivity index (χ2n) is 6.76. The summed E-state index contributed by atoms with van der Waals surface area (Å²) in [4.78, 5) is 16.1. The summed E-state index contributed by atoms with van der Waals surface area (Å²) in [5, 5.41) is 7.15. The minimum Gasteiger partial charge on any atom is -0.494 e. The number of aryl methyl sites for hydroxylation is 1. The Morgan fingerprint density at radius 2 is 1.96 bits per heavy atom. The molecule has 0 atom stereocenters. The van der Waals surface area contributed by atoms with Crippen molar-refractivity contribution in [1.82, 2.24) is 20.1 Å². The van der Waals surface area contributed by atoms with Crippen molar-refractivity contribution >= 4 is 5.91 Å². The number of rotatable bonds is 10. The van der Waals surface area contributed by atoms with E-state index >= 15 is 0 Å². The van der Waals surface area contributed by atoms with Gasteiger partial charge in [-0.05, 0) is 48.6 Å². The van der Waals surface area contributed by atoms with Crippen molar-refractivity contribution in [2.45, 2.75) is 39.3 Å². The summed E-state index contributed by atoms with van der Waals surface area (Å²) >= 11 is 0. The molecule has 0 bridgehead atoms. The predicted octanol–water partition coefficient (Wildman–Crippen LogP) is 3.50. The molecule has 146 valence electrons. The third-order valence-corrected chi connectivity index (χ3v) is 4.45. The molecule has 1 heterocycles. The number of carbonyl (C=O) groups excluding carboxylic acids is 1. The lowest BCUT2D eigenvalue weighted by molar-refractivity contribution is -0.121. The van der Waals surface area contributed by atoms with E-state index in [4.69, 9.17) is 4.74 Å². The van der Waals surface area contributed by atoms with E-state index in [1.807, 2.05) is 55.5 Å². The predicted molar refractivity (Wildman–Crippen MR) is 108 cm³/mol. The first kappa shape index (κ1) is 19.6. The summed E-state index contributed by atoms with van der Waals surface area (Å²) in [5.41, 5.74) is 3.40. The van der Waals surface area contributed by atoms with Crippen LogP contribution in [0.25, 0.3) is 0 Å². The zero-order valence-corrected chi connectivity index (χ0v) is 16.2. The minimum atomic E-state index is 0.0612. The SMILES string of the molecule is Cc1cccc(OCCCCC(=O)NCc2ccccc2Cn2cncn2)c1. The van der Waals surface area contributed by atoms with E-state index in [1.165, 1.54) is 11.9 Å². The van der Waals surface area contributed by atoms with Gasteiger partial charge in [-0.25, -0.2) is 9.67 Å². The normalized spacial score (nSPS) is 10.6. The Kier molecular flexibility index (Phi) is 7.18. The van der Waals surface area contributed by atoms with E-state index in [9.17, 15) is 4.79 Å². The average molecular weight is 378 g/mol. The topological polar surface area (TPSA) is 69.0 Å². The summed E-state index contributed by atoms with van der Waals surface area (Å²) < 4.78 is 7.49. The average Bonchev–Trinajstić information content (AvgIpc) is 3.20. The van der Waals surface area contributed by atoms with Gasteiger partial charge in [0.1, 0.15) is 18.4 Å². The zero-order chi connectivity index (χ0) is 19.6. The van der Waals surface area contributed by atoms with Gasteiger partial charge in [-0.3, -0.25) is 4.79 Å². The molecular weight excluding hydrogens is 352 g/mol. The number of nitrogens with one attached hydrogen (secondary N) is 1. The van der Waals surface area contributed by atoms with Gasteiger partial charge in [-0.2, -0.15) is 5.10 Å². The summed E-state index contributed by atoms with van der Waals surface area (Å²) in [6.07, 6.45) is 5.37. The van der Waals surface area contributed by atoms with Crippen LogP contribution in [0.15, 0.2) is 61.2 Å². The quantitative estimate of drug-likeness (QED) is 0.548. The second kappa shape index (κ2) is 10.3. The lowest BCUT2D eigenvalue weighted by Gasteiger charge is -2.11. The highest BCUT2D eigenvalue weighted by molar-refractivity contribution is 5.75. The van der Waals surface area contributed by atoms with Gasteiger partial charge in [0.05, 0.1) is 13.2 Å². The number of amides is 1. The fourth-order valence-electron chi connectivity index (χ4n) is 2.94. The molecule has 6 heteroatoms. The molecule has 0 saturated heterocycles. The van der Waals surface area contributed by atoms with E-state index in [0.29, 0.717) is 26.1 Å². The van der Waals surface area contributed by atoms with Gasteiger partial charge in [0.15, 0.2) is 0 Å². The standard InChI is InChI=1S/C22H26N4O2/c1-18-7-6-10-21(13-18)28-12-5-4-11-22(27)24-14-19-8-2-3-9-20(19)15-26-17-23-16-25-26/h2-3,6-10,13,16-17H,4-5,11-12,14-15H2,1H3,(H,24,27). The molecule has 3 aromatic rings. The second-order valence-corrected chi connectivity index (χ2v) is 6.76. The van der Waals surface area contributed by atoms with E-state index in [2.05, 4.69) is 15.4 Å². The van der Waals surface area contributed by atoms with Gasteiger partial charge in [0, 0.05) is 13.0 Å². The fraction of sp³-hybridized carbons (Fsp3) is 0.318. The summed E-state index contributed by atoms with van der Waals surface area (Å²) in [7, 11) is 0. The van der Waals surface area contributed by atoms with Crippen LogP contribution in [0.4, 0.5) is 0 Å². The van der Waals surface area contributed by atoms with Gasteiger partial charge in [0.25, 0.3) is 0 Å². The first-order valence-corrected chi connectivity index (χ1v) is 9.56. The van der Waals surface area contributed by atoms with Gasteiger partial charge < -0.3 is 10.1 Å². The molecule has 3 rings (SSSR count). The Balaban J connectivity index is 1.36. The number of aromatic nitrogens is 3. The van der Waals surface area contributed by atoms with Crippen LogP contribution in [-0.4, -0.2) is 27.3 Å². The van der Waals surface area contributed by atoms with E-state index in [1.54, 1.807) is 11.0 Å². The fourth-order valence-corrected chi connectivity index (χ4v) is 2.94. The Labute approximate surface area is 165 Å². The molecular formula is C22H26N4O2. The molecule has 2 aromatic carbocycles. The number of unbranched alkanes of at least 4 members (excludes halogenated alkanes) is 1. The van der Waals surface area contributed by atoms with Gasteiger partial charge in [-0.1, -0.05) is 36.4 Å². The Bertz CT molecular complexity index is 878. The molecule has 1 N–H and O–H groups in total. The van der Waals surface area contributed by atoms with Crippen molar-refractivity contribution in [3.63, 3.8) is 0 Å². The van der Waals surface area contributed by atoms with Crippen LogP contribution in [-0.2, 0) is 17.9 Å². The zero-order valence-electron chi connectivity index (χ0n) is 16.2. The van der Waals surface area contributed by atoms with Crippen LogP contribution in [0.2, 0.25) is 0 Å². The smallest absolute Gasteiger partial charge is 0.220 e. The third kappa shape index (κ3) is 6.23. The van der Waals surface area contributed by atoms with Crippen molar-refractivity contribution < 1.29 is 9.53 Å². The van der Waals surface area contributed by atoms with E-state index in [-0.39, 0.29) is 5.91 Å². The lowest BCUT2D eigenvalue weighted by Crippen LogP contribution is -2.23. The monoisotopic (exact) mass is 378 g/mol. The molecule has 0 aliphatic heterocycles. The van der Waals surface area contributed by atoms with Crippen molar-refractivity contribution in [2.75, 3.05) is 6.61 Å². The van der Waals surface area contributed by atoms with Crippen LogP contribution < -0.4 is 10.1 Å². The van der Waals surface area contributed by atoms with Crippen molar-refractivity contribution in [3.05, 3.63) is 77.9 Å². The maximum Gasteiger partial charge on any atom is 0.220 e. The van der Waals surface area contributed by atoms with E-state index in [0.717, 1.165) is 29.7 Å². The first-order chi connectivity index (χ1) is 13.7. The number of hydrogen-bond acceptors (Lipinski definition) is 4. The van der Waals surface area contributed by atoms with Crippen LogP contribution in [0, 0.1) is 6.92 Å². The number of hydrogen-bond donors (Lipinski definition) is 1. The number of nitrogens with zero attached hydrogens (tertiary/aromatic N) is 3. The molecule has 0 spiro atoms. The molecule has 0 saturated carbocycles. The molecule has 0 fully saturated rings. The largest absolute Gasteiger partial charge is 0.494 e. The number of carbonyl (C=O) groups is 1. The first-order valence-electron chi connectivity index (χ1n) is 9.56. The molecule has 0 unspecified atom stereocenters. The third-order valence-electron chi connectivity index (χ3n) is 4.45. The highest BCUT2D eigenvalue weighted by atomic mass is 16.5. The summed E-state index contributed by atoms with van der Waals surface area (Å²) in [6, 6.07) is 16.1. The number of benzene rings is 2. The van der Waals surface area contributed by atoms with Crippen LogP contribution >= 0.6 is 0 Å². The molecule has 1 aromatic heterocycles. The summed E-state index contributed by atoms with van der Waals surface area (Å²) in [5.74, 6) is 0.944.